The van der Waals surface area contributed by atoms with Crippen LogP contribution in [0.2, 0.25) is 5.15 Å². The summed E-state index contributed by atoms with van der Waals surface area (Å²) in [6, 6.07) is 3.29. The van der Waals surface area contributed by atoms with E-state index in [4.69, 9.17) is 21.1 Å². The number of esters is 1. The molecule has 0 spiro atoms. The molecule has 1 atom stereocenters. The molecule has 0 radical (unpaired) electrons. The zero-order valence-corrected chi connectivity index (χ0v) is 18.0. The second kappa shape index (κ2) is 8.78. The van der Waals surface area contributed by atoms with Gasteiger partial charge in [0, 0.05) is 29.7 Å². The van der Waals surface area contributed by atoms with E-state index in [2.05, 4.69) is 25.8 Å². The summed E-state index contributed by atoms with van der Waals surface area (Å²) in [5.41, 5.74) is 1.03. The van der Waals surface area contributed by atoms with Gasteiger partial charge in [-0.3, -0.25) is 4.79 Å². The minimum absolute atomic E-state index is 0.0276. The minimum Gasteiger partial charge on any atom is -0.494 e. The van der Waals surface area contributed by atoms with Crippen LogP contribution in [0.25, 0.3) is 0 Å². The summed E-state index contributed by atoms with van der Waals surface area (Å²) in [5, 5.41) is 0.322. The van der Waals surface area contributed by atoms with Gasteiger partial charge < -0.3 is 14.0 Å². The van der Waals surface area contributed by atoms with Crippen LogP contribution in [0.15, 0.2) is 29.3 Å². The molecular formula is C21H27ClN2O4. The Hall–Kier alpha value is -2.34. The maximum atomic E-state index is 12.2. The number of ether oxygens (including phenoxy) is 2. The summed E-state index contributed by atoms with van der Waals surface area (Å²) in [7, 11) is 1.55. The van der Waals surface area contributed by atoms with Crippen LogP contribution < -0.4 is 10.2 Å². The topological polar surface area (TPSA) is 70.4 Å². The third-order valence-electron chi connectivity index (χ3n) is 5.26. The Morgan fingerprint density at radius 1 is 1.39 bits per heavy atom. The molecule has 0 aliphatic carbocycles. The van der Waals surface area contributed by atoms with Gasteiger partial charge in [-0.05, 0) is 44.7 Å². The molecule has 0 saturated carbocycles. The minimum atomic E-state index is -0.612. The first kappa shape index (κ1) is 22.0. The molecule has 1 unspecified atom stereocenters. The molecule has 0 aromatic carbocycles. The van der Waals surface area contributed by atoms with E-state index < -0.39 is 11.5 Å². The summed E-state index contributed by atoms with van der Waals surface area (Å²) in [6.07, 6.45) is 3.90. The normalized spacial score (nSPS) is 13.3. The molecule has 0 bridgehead atoms. The number of carbonyl (C=O) groups excluding carboxylic acids is 1. The van der Waals surface area contributed by atoms with Gasteiger partial charge in [0.15, 0.2) is 16.3 Å². The Labute approximate surface area is 170 Å². The van der Waals surface area contributed by atoms with Crippen LogP contribution in [0.1, 0.15) is 49.3 Å². The molecule has 2 aromatic rings. The van der Waals surface area contributed by atoms with Gasteiger partial charge in [0.2, 0.25) is 0 Å². The first-order valence-corrected chi connectivity index (χ1v) is 9.61. The van der Waals surface area contributed by atoms with Crippen LogP contribution in [0.3, 0.4) is 0 Å². The zero-order chi connectivity index (χ0) is 21.1. The molecule has 2 rings (SSSR count). The summed E-state index contributed by atoms with van der Waals surface area (Å²) in [6.45, 7) is 10.1. The molecule has 0 N–H and O–H groups in total. The third-order valence-corrected chi connectivity index (χ3v) is 5.53. The van der Waals surface area contributed by atoms with Crippen molar-refractivity contribution in [3.63, 3.8) is 0 Å². The maximum Gasteiger partial charge on any atom is 0.343 e. The number of carbonyl (C=O) groups is 1. The molecule has 2 heterocycles. The number of hydrogen-bond acceptors (Lipinski definition) is 5. The van der Waals surface area contributed by atoms with Gasteiger partial charge in [0.1, 0.15) is 5.56 Å². The number of rotatable bonds is 7. The van der Waals surface area contributed by atoms with E-state index in [1.807, 2.05) is 17.6 Å². The lowest BCUT2D eigenvalue weighted by atomic mass is 9.81. The summed E-state index contributed by atoms with van der Waals surface area (Å²) in [4.78, 5) is 28.7. The van der Waals surface area contributed by atoms with Gasteiger partial charge in [-0.25, -0.2) is 9.78 Å². The van der Waals surface area contributed by atoms with Crippen molar-refractivity contribution in [2.45, 2.75) is 46.6 Å². The predicted octanol–water partition coefficient (Wildman–Crippen LogP) is 4.00. The lowest BCUT2D eigenvalue weighted by molar-refractivity contribution is 0.0522. The summed E-state index contributed by atoms with van der Waals surface area (Å²) >= 11 is 6.13. The molecule has 28 heavy (non-hydrogen) atoms. The summed E-state index contributed by atoms with van der Waals surface area (Å²) < 4.78 is 12.2. The number of hydrogen-bond donors (Lipinski definition) is 0. The molecule has 0 fully saturated rings. The lowest BCUT2D eigenvalue weighted by Crippen LogP contribution is -2.39. The van der Waals surface area contributed by atoms with Crippen molar-refractivity contribution in [2.75, 3.05) is 13.7 Å². The van der Waals surface area contributed by atoms with Crippen LogP contribution in [-0.2, 0) is 16.7 Å². The monoisotopic (exact) mass is 406 g/mol. The number of pyridine rings is 2. The maximum absolute atomic E-state index is 12.2. The molecule has 2 aromatic heterocycles. The standard InChI is InChI=1S/C21H27ClN2O4/c1-7-28-20(26)16-12-24(9-8-17(16)25)21(5,13(2)3)11-15-10-18(27-6)19(22)23-14(15)4/h8-10,12-13H,7,11H2,1-6H3. The number of aryl methyl sites for hydroxylation is 1. The number of nitrogens with zero attached hydrogens (tertiary/aromatic N) is 2. The Morgan fingerprint density at radius 3 is 2.64 bits per heavy atom. The second-order valence-corrected chi connectivity index (χ2v) is 7.62. The molecule has 0 aliphatic rings. The van der Waals surface area contributed by atoms with E-state index in [0.29, 0.717) is 17.3 Å². The van der Waals surface area contributed by atoms with Crippen molar-refractivity contribution < 1.29 is 14.3 Å². The van der Waals surface area contributed by atoms with Crippen molar-refractivity contribution in [3.8, 4) is 5.75 Å². The van der Waals surface area contributed by atoms with E-state index in [9.17, 15) is 9.59 Å². The van der Waals surface area contributed by atoms with E-state index in [1.165, 1.54) is 6.07 Å². The average molecular weight is 407 g/mol. The van der Waals surface area contributed by atoms with Gasteiger partial charge in [0.05, 0.1) is 13.7 Å². The fourth-order valence-corrected chi connectivity index (χ4v) is 3.32. The molecule has 6 nitrogen and oxygen atoms in total. The second-order valence-electron chi connectivity index (χ2n) is 7.27. The fraction of sp³-hybridized carbons (Fsp3) is 0.476. The van der Waals surface area contributed by atoms with Crippen molar-refractivity contribution in [3.05, 3.63) is 56.7 Å². The van der Waals surface area contributed by atoms with Crippen LogP contribution in [-0.4, -0.2) is 29.2 Å². The van der Waals surface area contributed by atoms with Gasteiger partial charge in [-0.1, -0.05) is 25.4 Å². The van der Waals surface area contributed by atoms with Crippen LogP contribution in [0.5, 0.6) is 5.75 Å². The first-order valence-electron chi connectivity index (χ1n) is 9.24. The Kier molecular flexibility index (Phi) is 6.88. The van der Waals surface area contributed by atoms with Crippen LogP contribution in [0, 0.1) is 12.8 Å². The molecule has 7 heteroatoms. The molecule has 152 valence electrons. The highest BCUT2D eigenvalue weighted by Crippen LogP contribution is 2.33. The molecular weight excluding hydrogens is 380 g/mol. The zero-order valence-electron chi connectivity index (χ0n) is 17.2. The van der Waals surface area contributed by atoms with E-state index in [1.54, 1.807) is 26.4 Å². The van der Waals surface area contributed by atoms with Gasteiger partial charge in [-0.2, -0.15) is 0 Å². The largest absolute Gasteiger partial charge is 0.494 e. The van der Waals surface area contributed by atoms with Crippen molar-refractivity contribution in [2.24, 2.45) is 5.92 Å². The number of methoxy groups -OCH3 is 1. The highest BCUT2D eigenvalue weighted by atomic mass is 35.5. The quantitative estimate of drug-likeness (QED) is 0.513. The molecule has 0 amide bonds. The van der Waals surface area contributed by atoms with Crippen molar-refractivity contribution in [1.82, 2.24) is 9.55 Å². The lowest BCUT2D eigenvalue weighted by Gasteiger charge is -2.37. The van der Waals surface area contributed by atoms with Gasteiger partial charge in [-0.15, -0.1) is 0 Å². The average Bonchev–Trinajstić information content (AvgIpc) is 2.64. The van der Waals surface area contributed by atoms with Crippen LogP contribution >= 0.6 is 11.6 Å². The Bertz CT molecular complexity index is 923. The van der Waals surface area contributed by atoms with Crippen molar-refractivity contribution >= 4 is 17.6 Å². The van der Waals surface area contributed by atoms with E-state index in [-0.39, 0.29) is 23.5 Å². The highest BCUT2D eigenvalue weighted by molar-refractivity contribution is 6.30. The predicted molar refractivity (Wildman–Crippen MR) is 109 cm³/mol. The Balaban J connectivity index is 2.54. The smallest absolute Gasteiger partial charge is 0.343 e. The molecule has 0 saturated heterocycles. The third kappa shape index (κ3) is 4.38. The van der Waals surface area contributed by atoms with E-state index in [0.717, 1.165) is 11.3 Å². The first-order chi connectivity index (χ1) is 13.1. The Morgan fingerprint density at radius 2 is 2.07 bits per heavy atom. The highest BCUT2D eigenvalue weighted by Gasteiger charge is 2.32. The molecule has 0 aliphatic heterocycles. The van der Waals surface area contributed by atoms with Gasteiger partial charge in [0.25, 0.3) is 0 Å². The summed E-state index contributed by atoms with van der Waals surface area (Å²) in [5.74, 6) is 0.0885. The number of halogens is 1. The van der Waals surface area contributed by atoms with Gasteiger partial charge >= 0.3 is 5.97 Å². The fourth-order valence-electron chi connectivity index (χ4n) is 3.06. The van der Waals surface area contributed by atoms with Crippen LogP contribution in [0.4, 0.5) is 0 Å². The van der Waals surface area contributed by atoms with E-state index >= 15 is 0 Å². The SMILES string of the molecule is CCOC(=O)c1cn(C(C)(Cc2cc(OC)c(Cl)nc2C)C(C)C)ccc1=O. The van der Waals surface area contributed by atoms with Crippen molar-refractivity contribution in [1.29, 1.82) is 0 Å². The number of aromatic nitrogens is 2.